The molecule has 0 spiro atoms. The molecule has 102 valence electrons. The zero-order valence-electron chi connectivity index (χ0n) is 10.4. The monoisotopic (exact) mass is 301 g/mol. The molecular formula is C14H14ClF2NS. The summed E-state index contributed by atoms with van der Waals surface area (Å²) in [7, 11) is 0. The fraction of sp³-hybridized carbons (Fsp3) is 0.286. The summed E-state index contributed by atoms with van der Waals surface area (Å²) >= 11 is 7.54. The normalized spacial score (nSPS) is 12.6. The first-order chi connectivity index (χ1) is 9.13. The predicted molar refractivity (Wildman–Crippen MR) is 75.8 cm³/mol. The van der Waals surface area contributed by atoms with Gasteiger partial charge >= 0.3 is 0 Å². The topological polar surface area (TPSA) is 12.0 Å². The highest BCUT2D eigenvalue weighted by Gasteiger charge is 2.21. The Morgan fingerprint density at radius 2 is 2.11 bits per heavy atom. The molecule has 0 amide bonds. The van der Waals surface area contributed by atoms with Crippen LogP contribution in [0.25, 0.3) is 0 Å². The van der Waals surface area contributed by atoms with Crippen molar-refractivity contribution >= 4 is 22.9 Å². The van der Waals surface area contributed by atoms with Gasteiger partial charge in [0.15, 0.2) is 0 Å². The third kappa shape index (κ3) is 3.32. The summed E-state index contributed by atoms with van der Waals surface area (Å²) in [6.45, 7) is 2.72. The second-order valence-corrected chi connectivity index (χ2v) is 5.54. The maximum absolute atomic E-state index is 13.9. The van der Waals surface area contributed by atoms with Crippen molar-refractivity contribution in [2.75, 3.05) is 6.54 Å². The van der Waals surface area contributed by atoms with E-state index >= 15 is 0 Å². The molecule has 0 aliphatic carbocycles. The summed E-state index contributed by atoms with van der Waals surface area (Å²) in [5.74, 6) is -0.883. The Morgan fingerprint density at radius 3 is 2.74 bits per heavy atom. The van der Waals surface area contributed by atoms with E-state index in [1.165, 1.54) is 17.4 Å². The van der Waals surface area contributed by atoms with Crippen LogP contribution < -0.4 is 5.32 Å². The number of rotatable bonds is 5. The molecule has 2 rings (SSSR count). The number of hydrogen-bond donors (Lipinski definition) is 1. The van der Waals surface area contributed by atoms with Gasteiger partial charge in [0.1, 0.15) is 11.6 Å². The van der Waals surface area contributed by atoms with Crippen LogP contribution in [0.1, 0.15) is 29.8 Å². The highest BCUT2D eigenvalue weighted by Crippen LogP contribution is 2.34. The van der Waals surface area contributed by atoms with E-state index in [-0.39, 0.29) is 5.56 Å². The van der Waals surface area contributed by atoms with Gasteiger partial charge in [0, 0.05) is 10.4 Å². The van der Waals surface area contributed by atoms with Crippen LogP contribution in [-0.4, -0.2) is 6.54 Å². The van der Waals surface area contributed by atoms with Crippen molar-refractivity contribution < 1.29 is 8.78 Å². The molecule has 1 heterocycles. The van der Waals surface area contributed by atoms with Gasteiger partial charge in [-0.05, 0) is 42.6 Å². The first-order valence-electron chi connectivity index (χ1n) is 6.04. The Hall–Kier alpha value is -0.970. The zero-order valence-corrected chi connectivity index (χ0v) is 12.0. The first kappa shape index (κ1) is 14.4. The van der Waals surface area contributed by atoms with Crippen LogP contribution in [-0.2, 0) is 0 Å². The lowest BCUT2D eigenvalue weighted by Crippen LogP contribution is -2.23. The molecule has 0 fully saturated rings. The van der Waals surface area contributed by atoms with Gasteiger partial charge in [0.25, 0.3) is 0 Å². The largest absolute Gasteiger partial charge is 0.305 e. The van der Waals surface area contributed by atoms with E-state index in [2.05, 4.69) is 5.32 Å². The Labute approximate surface area is 120 Å². The van der Waals surface area contributed by atoms with Crippen LogP contribution in [0.2, 0.25) is 5.02 Å². The van der Waals surface area contributed by atoms with Gasteiger partial charge < -0.3 is 5.32 Å². The van der Waals surface area contributed by atoms with E-state index in [1.54, 1.807) is 6.07 Å². The summed E-state index contributed by atoms with van der Waals surface area (Å²) < 4.78 is 27.3. The van der Waals surface area contributed by atoms with Crippen LogP contribution >= 0.6 is 22.9 Å². The molecule has 0 aliphatic rings. The minimum Gasteiger partial charge on any atom is -0.305 e. The third-order valence-corrected chi connectivity index (χ3v) is 4.20. The standard InChI is InChI=1S/C14H14ClF2NS/c1-2-6-18-13(14-11(15)5-7-19-14)10-8-9(16)3-4-12(10)17/h3-5,7-8,13,18H,2,6H2,1H3. The molecule has 0 radical (unpaired) electrons. The number of halogens is 3. The smallest absolute Gasteiger partial charge is 0.128 e. The third-order valence-electron chi connectivity index (χ3n) is 2.77. The zero-order chi connectivity index (χ0) is 13.8. The van der Waals surface area contributed by atoms with Crippen molar-refractivity contribution in [2.24, 2.45) is 0 Å². The van der Waals surface area contributed by atoms with Crippen LogP contribution in [0.3, 0.4) is 0 Å². The van der Waals surface area contributed by atoms with E-state index in [9.17, 15) is 8.78 Å². The summed E-state index contributed by atoms with van der Waals surface area (Å²) in [5.41, 5.74) is 0.290. The highest BCUT2D eigenvalue weighted by atomic mass is 35.5. The average molecular weight is 302 g/mol. The van der Waals surface area contributed by atoms with Gasteiger partial charge in [0.2, 0.25) is 0 Å². The lowest BCUT2D eigenvalue weighted by atomic mass is 10.0. The summed E-state index contributed by atoms with van der Waals surface area (Å²) in [6, 6.07) is 4.83. The molecule has 1 nitrogen and oxygen atoms in total. The number of hydrogen-bond acceptors (Lipinski definition) is 2. The van der Waals surface area contributed by atoms with Gasteiger partial charge in [-0.15, -0.1) is 11.3 Å². The number of nitrogens with one attached hydrogen (secondary N) is 1. The maximum Gasteiger partial charge on any atom is 0.128 e. The molecule has 19 heavy (non-hydrogen) atoms. The Kier molecular flexibility index (Phi) is 4.91. The van der Waals surface area contributed by atoms with Crippen LogP contribution in [0.5, 0.6) is 0 Å². The molecule has 2 aromatic rings. The summed E-state index contributed by atoms with van der Waals surface area (Å²) in [6.07, 6.45) is 0.899. The molecule has 0 saturated heterocycles. The molecule has 1 aromatic carbocycles. The van der Waals surface area contributed by atoms with Crippen LogP contribution in [0.15, 0.2) is 29.6 Å². The maximum atomic E-state index is 13.9. The lowest BCUT2D eigenvalue weighted by Gasteiger charge is -2.19. The molecular weight excluding hydrogens is 288 g/mol. The van der Waals surface area contributed by atoms with E-state index in [0.717, 1.165) is 23.4 Å². The van der Waals surface area contributed by atoms with E-state index < -0.39 is 17.7 Å². The first-order valence-corrected chi connectivity index (χ1v) is 7.30. The predicted octanol–water partition coefficient (Wildman–Crippen LogP) is 4.77. The van der Waals surface area contributed by atoms with Gasteiger partial charge in [0.05, 0.1) is 11.1 Å². The Morgan fingerprint density at radius 1 is 1.32 bits per heavy atom. The fourth-order valence-electron chi connectivity index (χ4n) is 1.88. The average Bonchev–Trinajstić information content (AvgIpc) is 2.80. The molecule has 1 N–H and O–H groups in total. The second kappa shape index (κ2) is 6.46. The lowest BCUT2D eigenvalue weighted by molar-refractivity contribution is 0.539. The van der Waals surface area contributed by atoms with E-state index in [1.807, 2.05) is 12.3 Å². The fourth-order valence-corrected chi connectivity index (χ4v) is 3.14. The van der Waals surface area contributed by atoms with E-state index in [0.29, 0.717) is 11.6 Å². The van der Waals surface area contributed by atoms with Gasteiger partial charge in [-0.3, -0.25) is 0 Å². The Bertz CT molecular complexity index is 556. The van der Waals surface area contributed by atoms with Crippen molar-refractivity contribution in [3.63, 3.8) is 0 Å². The van der Waals surface area contributed by atoms with E-state index in [4.69, 9.17) is 11.6 Å². The minimum atomic E-state index is -0.452. The second-order valence-electron chi connectivity index (χ2n) is 4.19. The minimum absolute atomic E-state index is 0.290. The van der Waals surface area contributed by atoms with Gasteiger partial charge in [-0.2, -0.15) is 0 Å². The van der Waals surface area contributed by atoms with Crippen LogP contribution in [0, 0.1) is 11.6 Å². The van der Waals surface area contributed by atoms with Crippen molar-refractivity contribution in [1.82, 2.24) is 5.32 Å². The van der Waals surface area contributed by atoms with Crippen molar-refractivity contribution in [1.29, 1.82) is 0 Å². The molecule has 0 saturated carbocycles. The van der Waals surface area contributed by atoms with Crippen molar-refractivity contribution in [3.8, 4) is 0 Å². The Balaban J connectivity index is 2.42. The molecule has 1 aromatic heterocycles. The SMILES string of the molecule is CCCNC(c1cc(F)ccc1F)c1sccc1Cl. The number of benzene rings is 1. The van der Waals surface area contributed by atoms with Crippen LogP contribution in [0.4, 0.5) is 8.78 Å². The molecule has 1 atom stereocenters. The van der Waals surface area contributed by atoms with Gasteiger partial charge in [-0.1, -0.05) is 18.5 Å². The quantitative estimate of drug-likeness (QED) is 0.839. The van der Waals surface area contributed by atoms with Crippen molar-refractivity contribution in [2.45, 2.75) is 19.4 Å². The molecule has 0 aliphatic heterocycles. The van der Waals surface area contributed by atoms with Crippen molar-refractivity contribution in [3.05, 3.63) is 56.7 Å². The highest BCUT2D eigenvalue weighted by molar-refractivity contribution is 7.10. The number of thiophene rings is 1. The summed E-state index contributed by atoms with van der Waals surface area (Å²) in [5, 5.41) is 5.63. The summed E-state index contributed by atoms with van der Waals surface area (Å²) in [4.78, 5) is 0.805. The molecule has 1 unspecified atom stereocenters. The van der Waals surface area contributed by atoms with Gasteiger partial charge in [-0.25, -0.2) is 8.78 Å². The molecule has 0 bridgehead atoms. The molecule has 5 heteroatoms.